The van der Waals surface area contributed by atoms with Gasteiger partial charge in [-0.25, -0.2) is 9.18 Å². The molecule has 1 heterocycles. The second kappa shape index (κ2) is 5.85. The average molecular weight is 302 g/mol. The van der Waals surface area contributed by atoms with Gasteiger partial charge in [0.15, 0.2) is 0 Å². The normalized spacial score (nSPS) is 17.7. The summed E-state index contributed by atoms with van der Waals surface area (Å²) in [5, 5.41) is 3.20. The van der Waals surface area contributed by atoms with Crippen molar-refractivity contribution in [1.29, 1.82) is 0 Å². The summed E-state index contributed by atoms with van der Waals surface area (Å²) in [6.45, 7) is 1.01. The van der Waals surface area contributed by atoms with E-state index < -0.39 is 11.5 Å². The van der Waals surface area contributed by atoms with Gasteiger partial charge in [-0.15, -0.1) is 0 Å². The Kier molecular flexibility index (Phi) is 4.35. The van der Waals surface area contributed by atoms with E-state index in [1.807, 2.05) is 0 Å². The number of nitrogens with two attached hydrogens (primary N) is 1. The number of piperidine rings is 1. The van der Waals surface area contributed by atoms with Gasteiger partial charge in [0.1, 0.15) is 5.82 Å². The molecule has 0 radical (unpaired) electrons. The van der Waals surface area contributed by atoms with Gasteiger partial charge in [-0.1, -0.05) is 11.6 Å². The van der Waals surface area contributed by atoms with Gasteiger partial charge in [-0.05, 0) is 18.2 Å². The zero-order chi connectivity index (χ0) is 14.8. The highest BCUT2D eigenvalue weighted by Gasteiger charge is 2.32. The molecule has 1 aliphatic rings. The third kappa shape index (κ3) is 3.32. The molecular weight excluding hydrogens is 285 g/mol. The first kappa shape index (κ1) is 14.9. The Morgan fingerprint density at radius 2 is 2.15 bits per heavy atom. The first-order valence-electron chi connectivity index (χ1n) is 6.28. The van der Waals surface area contributed by atoms with E-state index in [1.54, 1.807) is 11.0 Å². The van der Waals surface area contributed by atoms with Crippen LogP contribution in [0.2, 0.25) is 5.02 Å². The molecule has 5 nitrogen and oxygen atoms in total. The minimum absolute atomic E-state index is 0.0468. The Hall–Kier alpha value is -1.53. The number of nitrogens with one attached hydrogen (secondary N) is 1. The van der Waals surface area contributed by atoms with E-state index in [4.69, 9.17) is 17.3 Å². The van der Waals surface area contributed by atoms with E-state index in [1.165, 1.54) is 19.2 Å². The standard InChI is InChI=1S/C13H17ClFN3O2/c1-20-12(19)18-6-4-13(16,5-7-18)17-9-2-3-11(15)10(14)8-9/h2-3,8,17H,4-7,16H2,1H3. The van der Waals surface area contributed by atoms with E-state index in [2.05, 4.69) is 10.1 Å². The fourth-order valence-electron chi connectivity index (χ4n) is 2.20. The van der Waals surface area contributed by atoms with Crippen LogP contribution in [-0.2, 0) is 4.74 Å². The zero-order valence-corrected chi connectivity index (χ0v) is 11.9. The highest BCUT2D eigenvalue weighted by molar-refractivity contribution is 6.31. The largest absolute Gasteiger partial charge is 0.453 e. The molecule has 1 aromatic carbocycles. The number of methoxy groups -OCH3 is 1. The molecule has 7 heteroatoms. The van der Waals surface area contributed by atoms with Crippen molar-refractivity contribution in [2.75, 3.05) is 25.5 Å². The molecule has 1 saturated heterocycles. The summed E-state index contributed by atoms with van der Waals surface area (Å²) in [5.41, 5.74) is 6.27. The molecule has 0 atom stereocenters. The van der Waals surface area contributed by atoms with Crippen molar-refractivity contribution in [3.05, 3.63) is 29.0 Å². The second-order valence-corrected chi connectivity index (χ2v) is 5.27. The number of rotatable bonds is 2. The predicted molar refractivity (Wildman–Crippen MR) is 75.2 cm³/mol. The molecule has 110 valence electrons. The average Bonchev–Trinajstić information content (AvgIpc) is 2.43. The maximum atomic E-state index is 13.1. The minimum Gasteiger partial charge on any atom is -0.453 e. The van der Waals surface area contributed by atoms with E-state index >= 15 is 0 Å². The lowest BCUT2D eigenvalue weighted by molar-refractivity contribution is 0.104. The Labute approximate surface area is 121 Å². The Morgan fingerprint density at radius 1 is 1.50 bits per heavy atom. The van der Waals surface area contributed by atoms with Crippen LogP contribution in [0.3, 0.4) is 0 Å². The second-order valence-electron chi connectivity index (χ2n) is 4.87. The predicted octanol–water partition coefficient (Wildman–Crippen LogP) is 2.41. The molecule has 0 bridgehead atoms. The fraction of sp³-hybridized carbons (Fsp3) is 0.462. The number of carbonyl (C=O) groups is 1. The molecule has 0 spiro atoms. The number of carbonyl (C=O) groups excluding carboxylic acids is 1. The SMILES string of the molecule is COC(=O)N1CCC(N)(Nc2ccc(F)c(Cl)c2)CC1. The minimum atomic E-state index is -0.647. The summed E-state index contributed by atoms with van der Waals surface area (Å²) in [4.78, 5) is 13.0. The van der Waals surface area contributed by atoms with E-state index in [9.17, 15) is 9.18 Å². The smallest absolute Gasteiger partial charge is 0.409 e. The number of hydrogen-bond donors (Lipinski definition) is 2. The van der Waals surface area contributed by atoms with Gasteiger partial charge in [0, 0.05) is 31.6 Å². The first-order valence-corrected chi connectivity index (χ1v) is 6.66. The monoisotopic (exact) mass is 301 g/mol. The highest BCUT2D eigenvalue weighted by atomic mass is 35.5. The number of nitrogens with zero attached hydrogens (tertiary/aromatic N) is 1. The van der Waals surface area contributed by atoms with Crippen LogP contribution in [0, 0.1) is 5.82 Å². The summed E-state index contributed by atoms with van der Waals surface area (Å²) in [5.74, 6) is -0.469. The number of ether oxygens (including phenoxy) is 1. The van der Waals surface area contributed by atoms with Gasteiger partial charge < -0.3 is 20.7 Å². The van der Waals surface area contributed by atoms with Gasteiger partial charge in [0.2, 0.25) is 0 Å². The summed E-state index contributed by atoms with van der Waals surface area (Å²) in [6, 6.07) is 4.37. The molecule has 0 unspecified atom stereocenters. The summed E-state index contributed by atoms with van der Waals surface area (Å²) in [6.07, 6.45) is 0.783. The fourth-order valence-corrected chi connectivity index (χ4v) is 2.38. The van der Waals surface area contributed by atoms with Crippen molar-refractivity contribution < 1.29 is 13.9 Å². The van der Waals surface area contributed by atoms with Gasteiger partial charge in [0.25, 0.3) is 0 Å². The third-order valence-corrected chi connectivity index (χ3v) is 3.69. The number of amides is 1. The Balaban J connectivity index is 1.99. The number of likely N-dealkylation sites (tertiary alicyclic amines) is 1. The topological polar surface area (TPSA) is 67.6 Å². The van der Waals surface area contributed by atoms with Gasteiger partial charge >= 0.3 is 6.09 Å². The molecule has 20 heavy (non-hydrogen) atoms. The van der Waals surface area contributed by atoms with Gasteiger partial charge in [-0.2, -0.15) is 0 Å². The number of anilines is 1. The molecule has 1 fully saturated rings. The van der Waals surface area contributed by atoms with Crippen molar-refractivity contribution in [2.45, 2.75) is 18.5 Å². The molecule has 3 N–H and O–H groups in total. The van der Waals surface area contributed by atoms with Crippen LogP contribution in [0.25, 0.3) is 0 Å². The van der Waals surface area contributed by atoms with Crippen LogP contribution in [0.1, 0.15) is 12.8 Å². The molecular formula is C13H17ClFN3O2. The first-order chi connectivity index (χ1) is 9.43. The van der Waals surface area contributed by atoms with Crippen LogP contribution in [0.5, 0.6) is 0 Å². The maximum absolute atomic E-state index is 13.1. The van der Waals surface area contributed by atoms with E-state index in [0.29, 0.717) is 31.6 Å². The quantitative estimate of drug-likeness (QED) is 0.823. The summed E-state index contributed by atoms with van der Waals surface area (Å²) < 4.78 is 17.8. The number of benzene rings is 1. The maximum Gasteiger partial charge on any atom is 0.409 e. The van der Waals surface area contributed by atoms with Crippen molar-refractivity contribution in [2.24, 2.45) is 5.73 Å². The van der Waals surface area contributed by atoms with Crippen molar-refractivity contribution in [1.82, 2.24) is 4.90 Å². The Bertz CT molecular complexity index is 504. The van der Waals surface area contributed by atoms with Crippen molar-refractivity contribution in [3.8, 4) is 0 Å². The molecule has 1 amide bonds. The third-order valence-electron chi connectivity index (χ3n) is 3.40. The van der Waals surface area contributed by atoms with E-state index in [0.717, 1.165) is 0 Å². The summed E-state index contributed by atoms with van der Waals surface area (Å²) >= 11 is 5.74. The van der Waals surface area contributed by atoms with Gasteiger partial charge in [-0.3, -0.25) is 0 Å². The molecule has 1 aromatic rings. The molecule has 0 saturated carbocycles. The van der Waals surface area contributed by atoms with Crippen LogP contribution in [-0.4, -0.2) is 36.9 Å². The summed E-state index contributed by atoms with van der Waals surface area (Å²) in [7, 11) is 1.35. The van der Waals surface area contributed by atoms with Crippen LogP contribution in [0.15, 0.2) is 18.2 Å². The highest BCUT2D eigenvalue weighted by Crippen LogP contribution is 2.25. The molecule has 1 aliphatic heterocycles. The number of hydrogen-bond acceptors (Lipinski definition) is 4. The zero-order valence-electron chi connectivity index (χ0n) is 11.2. The molecule has 0 aliphatic carbocycles. The Morgan fingerprint density at radius 3 is 2.70 bits per heavy atom. The lowest BCUT2D eigenvalue weighted by Gasteiger charge is -2.39. The van der Waals surface area contributed by atoms with Crippen LogP contribution < -0.4 is 11.1 Å². The van der Waals surface area contributed by atoms with Crippen molar-refractivity contribution >= 4 is 23.4 Å². The number of halogens is 2. The molecule has 0 aromatic heterocycles. The van der Waals surface area contributed by atoms with Crippen LogP contribution >= 0.6 is 11.6 Å². The lowest BCUT2D eigenvalue weighted by Crippen LogP contribution is -2.56. The molecule has 2 rings (SSSR count). The van der Waals surface area contributed by atoms with Crippen molar-refractivity contribution in [3.63, 3.8) is 0 Å². The lowest BCUT2D eigenvalue weighted by atomic mass is 9.97. The van der Waals surface area contributed by atoms with Crippen LogP contribution in [0.4, 0.5) is 14.9 Å². The van der Waals surface area contributed by atoms with E-state index in [-0.39, 0.29) is 11.1 Å². The van der Waals surface area contributed by atoms with Gasteiger partial charge in [0.05, 0.1) is 17.8 Å².